The van der Waals surface area contributed by atoms with E-state index in [4.69, 9.17) is 0 Å². The summed E-state index contributed by atoms with van der Waals surface area (Å²) in [7, 11) is 0. The molecule has 2 aromatic heterocycles. The van der Waals surface area contributed by atoms with Crippen molar-refractivity contribution < 1.29 is 22.0 Å². The van der Waals surface area contributed by atoms with Crippen LogP contribution in [0.15, 0.2) is 40.0 Å². The summed E-state index contributed by atoms with van der Waals surface area (Å²) in [5.41, 5.74) is -0.786. The van der Waals surface area contributed by atoms with Gasteiger partial charge in [-0.05, 0) is 28.3 Å². The quantitative estimate of drug-likeness (QED) is 0.454. The summed E-state index contributed by atoms with van der Waals surface area (Å²) in [6.45, 7) is -0.00684. The third kappa shape index (κ3) is 4.28. The van der Waals surface area contributed by atoms with Crippen molar-refractivity contribution in [2.24, 2.45) is 11.8 Å². The number of alkyl halides is 4. The second kappa shape index (κ2) is 8.52. The Labute approximate surface area is 181 Å². The van der Waals surface area contributed by atoms with Gasteiger partial charge in [0, 0.05) is 30.8 Å². The third-order valence-corrected chi connectivity index (χ3v) is 6.06. The minimum absolute atomic E-state index is 0.0229. The summed E-state index contributed by atoms with van der Waals surface area (Å²) in [5, 5.41) is 3.30. The molecule has 1 saturated carbocycles. The van der Waals surface area contributed by atoms with Crippen molar-refractivity contribution in [2.75, 3.05) is 5.32 Å². The Hall–Kier alpha value is -2.56. The van der Waals surface area contributed by atoms with Gasteiger partial charge in [0.2, 0.25) is 6.43 Å². The molecule has 0 bridgehead atoms. The van der Waals surface area contributed by atoms with E-state index in [0.29, 0.717) is 17.3 Å². The molecule has 1 aliphatic rings. The van der Waals surface area contributed by atoms with Gasteiger partial charge in [-0.2, -0.15) is 0 Å². The van der Waals surface area contributed by atoms with Gasteiger partial charge >= 0.3 is 0 Å². The largest absolute Gasteiger partial charge is 0.365 e. The zero-order valence-corrected chi connectivity index (χ0v) is 17.4. The van der Waals surface area contributed by atoms with Crippen LogP contribution in [0.2, 0.25) is 0 Å². The number of benzene rings is 1. The predicted octanol–water partition coefficient (Wildman–Crippen LogP) is 5.14. The van der Waals surface area contributed by atoms with E-state index in [2.05, 4.69) is 31.2 Å². The molecular weight excluding hydrogens is 487 g/mol. The Morgan fingerprint density at radius 3 is 2.68 bits per heavy atom. The zero-order chi connectivity index (χ0) is 22.3. The smallest absolute Gasteiger partial charge is 0.267 e. The lowest BCUT2D eigenvalue weighted by Gasteiger charge is -2.13. The van der Waals surface area contributed by atoms with E-state index in [1.807, 2.05) is 0 Å². The van der Waals surface area contributed by atoms with E-state index in [9.17, 15) is 26.7 Å². The first-order chi connectivity index (χ1) is 14.8. The van der Waals surface area contributed by atoms with Crippen LogP contribution < -0.4 is 10.9 Å². The molecule has 0 aliphatic heterocycles. The lowest BCUT2D eigenvalue weighted by atomic mass is 10.1. The van der Waals surface area contributed by atoms with E-state index in [-0.39, 0.29) is 34.9 Å². The van der Waals surface area contributed by atoms with E-state index < -0.39 is 35.7 Å². The number of fused-ring (bicyclic) bond motifs is 1. The maximum atomic E-state index is 14.3. The fraction of sp³-hybridized carbons (Fsp3) is 0.350. The van der Waals surface area contributed by atoms with Crippen molar-refractivity contribution in [3.63, 3.8) is 0 Å². The predicted molar refractivity (Wildman–Crippen MR) is 108 cm³/mol. The average Bonchev–Trinajstić information content (AvgIpc) is 3.50. The Kier molecular flexibility index (Phi) is 5.96. The second-order valence-electron chi connectivity index (χ2n) is 7.35. The van der Waals surface area contributed by atoms with Crippen LogP contribution in [-0.4, -0.2) is 21.0 Å². The number of halogens is 6. The van der Waals surface area contributed by atoms with Crippen molar-refractivity contribution in [3.8, 4) is 0 Å². The SMILES string of the molecule is O=c1c(Br)c2ncnc(NCc3cccc(C(F)F)c3F)c2cn1CC1C[C@@H]1C(F)F. The summed E-state index contributed by atoms with van der Waals surface area (Å²) in [6, 6.07) is 3.73. The molecule has 1 fully saturated rings. The molecule has 0 radical (unpaired) electrons. The van der Waals surface area contributed by atoms with E-state index in [1.54, 1.807) is 0 Å². The first-order valence-corrected chi connectivity index (χ1v) is 10.2. The minimum Gasteiger partial charge on any atom is -0.365 e. The highest BCUT2D eigenvalue weighted by Crippen LogP contribution is 2.44. The number of anilines is 1. The lowest BCUT2D eigenvalue weighted by Crippen LogP contribution is -2.22. The standard InChI is InChI=1S/C20H16BrF5N4O/c21-14-16-13(7-30(20(14)31)6-10-4-12(10)18(25)26)19(29-8-28-16)27-5-9-2-1-3-11(15(9)22)17(23)24/h1-3,7-8,10,12,17-18H,4-6H2,(H,27,28,29)/t10?,12-/m0/s1. The van der Waals surface area contributed by atoms with Gasteiger partial charge in [-0.1, -0.05) is 18.2 Å². The molecule has 2 heterocycles. The first kappa shape index (κ1) is 21.7. The van der Waals surface area contributed by atoms with Crippen molar-refractivity contribution in [3.05, 3.63) is 62.5 Å². The highest BCUT2D eigenvalue weighted by molar-refractivity contribution is 9.10. The van der Waals surface area contributed by atoms with Crippen LogP contribution in [0.4, 0.5) is 27.8 Å². The van der Waals surface area contributed by atoms with Gasteiger partial charge in [0.1, 0.15) is 22.4 Å². The molecule has 4 rings (SSSR count). The number of pyridine rings is 1. The van der Waals surface area contributed by atoms with E-state index in [0.717, 1.165) is 6.07 Å². The van der Waals surface area contributed by atoms with Gasteiger partial charge in [-0.15, -0.1) is 0 Å². The Morgan fingerprint density at radius 2 is 2.00 bits per heavy atom. The van der Waals surface area contributed by atoms with Crippen LogP contribution in [-0.2, 0) is 13.1 Å². The summed E-state index contributed by atoms with van der Waals surface area (Å²) >= 11 is 3.21. The van der Waals surface area contributed by atoms with Crippen molar-refractivity contribution in [1.29, 1.82) is 0 Å². The normalized spacial score (nSPS) is 18.2. The van der Waals surface area contributed by atoms with Crippen molar-refractivity contribution in [2.45, 2.75) is 32.4 Å². The molecule has 31 heavy (non-hydrogen) atoms. The molecule has 1 aliphatic carbocycles. The molecule has 0 spiro atoms. The summed E-state index contributed by atoms with van der Waals surface area (Å²) < 4.78 is 67.3. The molecule has 1 aromatic carbocycles. The molecule has 2 atom stereocenters. The highest BCUT2D eigenvalue weighted by atomic mass is 79.9. The van der Waals surface area contributed by atoms with Gasteiger partial charge in [-0.3, -0.25) is 4.79 Å². The van der Waals surface area contributed by atoms with Crippen LogP contribution in [0.25, 0.3) is 10.9 Å². The van der Waals surface area contributed by atoms with Gasteiger partial charge in [-0.25, -0.2) is 31.9 Å². The van der Waals surface area contributed by atoms with Crippen LogP contribution >= 0.6 is 15.9 Å². The zero-order valence-electron chi connectivity index (χ0n) is 15.8. The molecule has 5 nitrogen and oxygen atoms in total. The van der Waals surface area contributed by atoms with E-state index >= 15 is 0 Å². The van der Waals surface area contributed by atoms with E-state index in [1.165, 1.54) is 29.2 Å². The van der Waals surface area contributed by atoms with Crippen molar-refractivity contribution in [1.82, 2.24) is 14.5 Å². The van der Waals surface area contributed by atoms with Crippen LogP contribution in [0.5, 0.6) is 0 Å². The maximum Gasteiger partial charge on any atom is 0.267 e. The minimum atomic E-state index is -2.94. The number of hydrogen-bond acceptors (Lipinski definition) is 4. The Morgan fingerprint density at radius 1 is 1.23 bits per heavy atom. The Bertz CT molecular complexity index is 1190. The van der Waals surface area contributed by atoms with Crippen LogP contribution in [0, 0.1) is 17.7 Å². The number of nitrogens with one attached hydrogen (secondary N) is 1. The van der Waals surface area contributed by atoms with Gasteiger partial charge in [0.15, 0.2) is 0 Å². The lowest BCUT2D eigenvalue weighted by molar-refractivity contribution is 0.114. The summed E-state index contributed by atoms with van der Waals surface area (Å²) in [6.07, 6.45) is -2.35. The van der Waals surface area contributed by atoms with Gasteiger partial charge in [0.25, 0.3) is 12.0 Å². The molecule has 11 heteroatoms. The Balaban J connectivity index is 1.64. The molecule has 164 valence electrons. The fourth-order valence-electron chi connectivity index (χ4n) is 3.54. The number of nitrogens with zero attached hydrogens (tertiary/aromatic N) is 3. The number of aromatic nitrogens is 3. The third-order valence-electron chi connectivity index (χ3n) is 5.35. The maximum absolute atomic E-state index is 14.3. The molecule has 1 N–H and O–H groups in total. The molecule has 3 aromatic rings. The monoisotopic (exact) mass is 502 g/mol. The number of hydrogen-bond donors (Lipinski definition) is 1. The molecule has 1 unspecified atom stereocenters. The summed E-state index contributed by atoms with van der Waals surface area (Å²) in [5.74, 6) is -1.78. The first-order valence-electron chi connectivity index (χ1n) is 9.39. The fourth-order valence-corrected chi connectivity index (χ4v) is 4.08. The van der Waals surface area contributed by atoms with Gasteiger partial charge in [0.05, 0.1) is 16.5 Å². The van der Waals surface area contributed by atoms with Crippen LogP contribution in [0.3, 0.4) is 0 Å². The highest BCUT2D eigenvalue weighted by Gasteiger charge is 2.44. The number of rotatable bonds is 7. The van der Waals surface area contributed by atoms with Gasteiger partial charge < -0.3 is 9.88 Å². The molecule has 0 saturated heterocycles. The molecule has 0 amide bonds. The topological polar surface area (TPSA) is 59.8 Å². The van der Waals surface area contributed by atoms with Crippen LogP contribution in [0.1, 0.15) is 24.0 Å². The second-order valence-corrected chi connectivity index (χ2v) is 8.15. The molecular formula is C20H16BrF5N4O. The average molecular weight is 503 g/mol. The summed E-state index contributed by atoms with van der Waals surface area (Å²) in [4.78, 5) is 20.8. The van der Waals surface area contributed by atoms with Crippen molar-refractivity contribution >= 4 is 32.7 Å².